The molecule has 2 rings (SSSR count). The molecule has 1 unspecified atom stereocenters. The summed E-state index contributed by atoms with van der Waals surface area (Å²) in [4.78, 5) is 11.9. The minimum Gasteiger partial charge on any atom is -0.326 e. The Bertz CT molecular complexity index is 597. The largest absolute Gasteiger partial charge is 0.326 e. The van der Waals surface area contributed by atoms with E-state index in [0.29, 0.717) is 28.6 Å². The van der Waals surface area contributed by atoms with Crippen LogP contribution in [-0.4, -0.2) is 5.91 Å². The van der Waals surface area contributed by atoms with Crippen LogP contribution in [0.1, 0.15) is 24.4 Å². The van der Waals surface area contributed by atoms with E-state index in [0.717, 1.165) is 5.56 Å². The number of hydrogen-bond acceptors (Lipinski definition) is 2. The fraction of sp³-hybridized carbons (Fsp3) is 0.188. The van der Waals surface area contributed by atoms with E-state index in [1.807, 2.05) is 30.3 Å². The Balaban J connectivity index is 1.87. The summed E-state index contributed by atoms with van der Waals surface area (Å²) in [7, 11) is 0. The summed E-state index contributed by atoms with van der Waals surface area (Å²) in [6.45, 7) is 0. The van der Waals surface area contributed by atoms with E-state index in [9.17, 15) is 4.79 Å². The maximum atomic E-state index is 11.9. The molecule has 5 heteroatoms. The Labute approximate surface area is 134 Å². The zero-order valence-electron chi connectivity index (χ0n) is 11.4. The Morgan fingerprint density at radius 2 is 1.71 bits per heavy atom. The fourth-order valence-electron chi connectivity index (χ4n) is 2.00. The molecule has 3 nitrogen and oxygen atoms in total. The summed E-state index contributed by atoms with van der Waals surface area (Å²) in [5.74, 6) is -0.111. The first-order chi connectivity index (χ1) is 10.0. The normalized spacial score (nSPS) is 12.0. The Hall–Kier alpha value is -1.55. The zero-order chi connectivity index (χ0) is 15.2. The lowest BCUT2D eigenvalue weighted by atomic mass is 10.0. The number of anilines is 1. The highest BCUT2D eigenvalue weighted by atomic mass is 35.5. The highest BCUT2D eigenvalue weighted by molar-refractivity contribution is 6.35. The molecule has 0 saturated carbocycles. The number of benzene rings is 2. The molecule has 0 saturated heterocycles. The van der Waals surface area contributed by atoms with E-state index in [2.05, 4.69) is 5.32 Å². The van der Waals surface area contributed by atoms with Gasteiger partial charge in [0.15, 0.2) is 0 Å². The van der Waals surface area contributed by atoms with Gasteiger partial charge in [-0.3, -0.25) is 4.79 Å². The number of amides is 1. The van der Waals surface area contributed by atoms with Gasteiger partial charge in [0.2, 0.25) is 5.91 Å². The molecular formula is C16H16Cl2N2O. The molecular weight excluding hydrogens is 307 g/mol. The number of nitrogens with two attached hydrogens (primary N) is 1. The average molecular weight is 323 g/mol. The van der Waals surface area contributed by atoms with E-state index >= 15 is 0 Å². The van der Waals surface area contributed by atoms with Crippen LogP contribution in [0.4, 0.5) is 5.69 Å². The lowest BCUT2D eigenvalue weighted by molar-refractivity contribution is -0.116. The second-order valence-electron chi connectivity index (χ2n) is 4.76. The molecule has 0 aliphatic carbocycles. The van der Waals surface area contributed by atoms with Gasteiger partial charge in [-0.2, -0.15) is 0 Å². The lowest BCUT2D eigenvalue weighted by Gasteiger charge is -2.12. The predicted molar refractivity (Wildman–Crippen MR) is 87.7 cm³/mol. The van der Waals surface area contributed by atoms with Crippen molar-refractivity contribution in [3.05, 3.63) is 64.1 Å². The van der Waals surface area contributed by atoms with Crippen molar-refractivity contribution in [2.75, 3.05) is 5.32 Å². The smallest absolute Gasteiger partial charge is 0.224 e. The molecule has 2 aromatic rings. The SMILES string of the molecule is NC(CCC(=O)Nc1cc(Cl)cc(Cl)c1)c1ccccc1. The van der Waals surface area contributed by atoms with E-state index in [1.165, 1.54) is 0 Å². The van der Waals surface area contributed by atoms with Gasteiger partial charge in [0.05, 0.1) is 0 Å². The first-order valence-corrected chi connectivity index (χ1v) is 7.36. The molecule has 0 aliphatic rings. The molecule has 0 fully saturated rings. The molecule has 3 N–H and O–H groups in total. The van der Waals surface area contributed by atoms with Crippen LogP contribution in [0, 0.1) is 0 Å². The van der Waals surface area contributed by atoms with Gasteiger partial charge in [0, 0.05) is 28.2 Å². The molecule has 0 radical (unpaired) electrons. The van der Waals surface area contributed by atoms with Crippen LogP contribution in [-0.2, 0) is 4.79 Å². The molecule has 110 valence electrons. The Morgan fingerprint density at radius 1 is 1.10 bits per heavy atom. The summed E-state index contributed by atoms with van der Waals surface area (Å²) in [5, 5.41) is 3.74. The summed E-state index contributed by atoms with van der Waals surface area (Å²) >= 11 is 11.8. The monoisotopic (exact) mass is 322 g/mol. The van der Waals surface area contributed by atoms with Crippen molar-refractivity contribution in [3.63, 3.8) is 0 Å². The number of rotatable bonds is 5. The van der Waals surface area contributed by atoms with E-state index in [1.54, 1.807) is 18.2 Å². The molecule has 0 spiro atoms. The van der Waals surface area contributed by atoms with Gasteiger partial charge >= 0.3 is 0 Å². The molecule has 0 aromatic heterocycles. The second-order valence-corrected chi connectivity index (χ2v) is 5.64. The van der Waals surface area contributed by atoms with Crippen molar-refractivity contribution in [2.24, 2.45) is 5.73 Å². The molecule has 2 aromatic carbocycles. The van der Waals surface area contributed by atoms with Gasteiger partial charge in [0.25, 0.3) is 0 Å². The van der Waals surface area contributed by atoms with Crippen molar-refractivity contribution in [1.82, 2.24) is 0 Å². The average Bonchev–Trinajstić information content (AvgIpc) is 2.44. The standard InChI is InChI=1S/C16H16Cl2N2O/c17-12-8-13(18)10-14(9-12)20-16(21)7-6-15(19)11-4-2-1-3-5-11/h1-5,8-10,15H,6-7,19H2,(H,20,21). The quantitative estimate of drug-likeness (QED) is 0.856. The van der Waals surface area contributed by atoms with Crippen LogP contribution in [0.5, 0.6) is 0 Å². The van der Waals surface area contributed by atoms with Gasteiger partial charge in [-0.15, -0.1) is 0 Å². The maximum absolute atomic E-state index is 11.9. The molecule has 21 heavy (non-hydrogen) atoms. The summed E-state index contributed by atoms with van der Waals surface area (Å²) in [6, 6.07) is 14.5. The van der Waals surface area contributed by atoms with Gasteiger partial charge in [0.1, 0.15) is 0 Å². The van der Waals surface area contributed by atoms with Gasteiger partial charge in [-0.05, 0) is 30.2 Å². The number of hydrogen-bond donors (Lipinski definition) is 2. The topological polar surface area (TPSA) is 55.1 Å². The highest BCUT2D eigenvalue weighted by Gasteiger charge is 2.09. The lowest BCUT2D eigenvalue weighted by Crippen LogP contribution is -2.16. The van der Waals surface area contributed by atoms with E-state index < -0.39 is 0 Å². The van der Waals surface area contributed by atoms with Crippen LogP contribution >= 0.6 is 23.2 Å². The predicted octanol–water partition coefficient (Wildman–Crippen LogP) is 4.41. The Kier molecular flexibility index (Phi) is 5.62. The molecule has 1 atom stereocenters. The zero-order valence-corrected chi connectivity index (χ0v) is 12.9. The van der Waals surface area contributed by atoms with Gasteiger partial charge in [-0.25, -0.2) is 0 Å². The fourth-order valence-corrected chi connectivity index (χ4v) is 2.53. The molecule has 0 aliphatic heterocycles. The van der Waals surface area contributed by atoms with Gasteiger partial charge < -0.3 is 11.1 Å². The van der Waals surface area contributed by atoms with Gasteiger partial charge in [-0.1, -0.05) is 53.5 Å². The van der Waals surface area contributed by atoms with Crippen LogP contribution in [0.25, 0.3) is 0 Å². The van der Waals surface area contributed by atoms with Crippen molar-refractivity contribution in [2.45, 2.75) is 18.9 Å². The van der Waals surface area contributed by atoms with Crippen molar-refractivity contribution < 1.29 is 4.79 Å². The third-order valence-electron chi connectivity index (χ3n) is 3.06. The number of carbonyl (C=O) groups is 1. The number of halogens is 2. The van der Waals surface area contributed by atoms with Crippen LogP contribution in [0.15, 0.2) is 48.5 Å². The van der Waals surface area contributed by atoms with Crippen LogP contribution < -0.4 is 11.1 Å². The second kappa shape index (κ2) is 7.46. The molecule has 0 heterocycles. The summed E-state index contributed by atoms with van der Waals surface area (Å²) in [5.41, 5.74) is 7.68. The van der Waals surface area contributed by atoms with Crippen molar-refractivity contribution in [3.8, 4) is 0 Å². The highest BCUT2D eigenvalue weighted by Crippen LogP contribution is 2.23. The summed E-state index contributed by atoms with van der Waals surface area (Å²) < 4.78 is 0. The molecule has 0 bridgehead atoms. The summed E-state index contributed by atoms with van der Waals surface area (Å²) in [6.07, 6.45) is 0.907. The first-order valence-electron chi connectivity index (χ1n) is 6.61. The van der Waals surface area contributed by atoms with E-state index in [-0.39, 0.29) is 11.9 Å². The van der Waals surface area contributed by atoms with Crippen molar-refractivity contribution >= 4 is 34.8 Å². The van der Waals surface area contributed by atoms with Crippen molar-refractivity contribution in [1.29, 1.82) is 0 Å². The number of carbonyl (C=O) groups excluding carboxylic acids is 1. The third kappa shape index (κ3) is 5.05. The third-order valence-corrected chi connectivity index (χ3v) is 3.49. The first kappa shape index (κ1) is 15.8. The van der Waals surface area contributed by atoms with Crippen LogP contribution in [0.2, 0.25) is 10.0 Å². The maximum Gasteiger partial charge on any atom is 0.224 e. The molecule has 1 amide bonds. The minimum absolute atomic E-state index is 0.111. The van der Waals surface area contributed by atoms with Crippen LogP contribution in [0.3, 0.4) is 0 Å². The van der Waals surface area contributed by atoms with E-state index in [4.69, 9.17) is 28.9 Å². The Morgan fingerprint density at radius 3 is 2.33 bits per heavy atom. The minimum atomic E-state index is -0.153. The number of nitrogens with one attached hydrogen (secondary N) is 1.